The number of aromatic hydroxyl groups is 1. The van der Waals surface area contributed by atoms with Gasteiger partial charge in [-0.25, -0.2) is 0 Å². The fourth-order valence-electron chi connectivity index (χ4n) is 2.59. The number of para-hydroxylation sites is 1. The topological polar surface area (TPSA) is 34.3 Å². The van der Waals surface area contributed by atoms with Gasteiger partial charge in [-0.3, -0.25) is 0 Å². The molecule has 2 nitrogen and oxygen atoms in total. The Labute approximate surface area is 164 Å². The maximum atomic E-state index is 10.7. The Morgan fingerprint density at radius 2 is 1.75 bits per heavy atom. The Morgan fingerprint density at radius 1 is 1.12 bits per heavy atom. The predicted octanol–water partition coefficient (Wildman–Crippen LogP) is 4.07. The van der Waals surface area contributed by atoms with Gasteiger partial charge in [0.2, 0.25) is 0 Å². The normalized spacial score (nSPS) is 11.4. The first kappa shape index (κ1) is 21.9. The molecule has 2 rings (SSSR count). The second kappa shape index (κ2) is 10.1. The van der Waals surface area contributed by atoms with E-state index in [9.17, 15) is 5.11 Å². The Hall–Kier alpha value is -0.149. The molecule has 0 bridgehead atoms. The predicted molar refractivity (Wildman–Crippen MR) is 109 cm³/mol. The Morgan fingerprint density at radius 3 is 2.33 bits per heavy atom. The van der Waals surface area contributed by atoms with Gasteiger partial charge in [-0.1, -0.05) is 70.2 Å². The number of hydrogen-bond acceptors (Lipinski definition) is 1. The van der Waals surface area contributed by atoms with Crippen LogP contribution in [0.1, 0.15) is 11.1 Å². The summed E-state index contributed by atoms with van der Waals surface area (Å²) in [4.78, 5) is 0. The van der Waals surface area contributed by atoms with Gasteiger partial charge >= 0.3 is 28.7 Å². The summed E-state index contributed by atoms with van der Waals surface area (Å²) in [6.45, 7) is 9.68. The van der Waals surface area contributed by atoms with Crippen molar-refractivity contribution in [1.82, 2.24) is 0 Å². The number of hydrogen-bond donors (Lipinski definition) is 1. The van der Waals surface area contributed by atoms with E-state index in [0.717, 1.165) is 17.0 Å². The summed E-state index contributed by atoms with van der Waals surface area (Å²) < 4.78 is 0. The van der Waals surface area contributed by atoms with Gasteiger partial charge < -0.3 is 10.4 Å². The third-order valence-electron chi connectivity index (χ3n) is 3.79. The summed E-state index contributed by atoms with van der Waals surface area (Å²) in [5.41, 5.74) is 2.54. The molecule has 0 heterocycles. The molecule has 2 aromatic carbocycles. The van der Waals surface area contributed by atoms with Crippen LogP contribution >= 0.6 is 17.9 Å². The van der Waals surface area contributed by atoms with E-state index in [1.165, 1.54) is 35.8 Å². The van der Waals surface area contributed by atoms with Crippen LogP contribution < -0.4 is 15.8 Å². The van der Waals surface area contributed by atoms with Gasteiger partial charge in [-0.15, -0.1) is 6.54 Å². The van der Waals surface area contributed by atoms with Crippen molar-refractivity contribution in [3.63, 3.8) is 0 Å². The van der Waals surface area contributed by atoms with Gasteiger partial charge in [0.25, 0.3) is 0 Å². The molecule has 0 aliphatic carbocycles. The van der Waals surface area contributed by atoms with Crippen LogP contribution in [0.5, 0.6) is 5.75 Å². The molecule has 0 amide bonds. The van der Waals surface area contributed by atoms with E-state index < -0.39 is 8.07 Å². The monoisotopic (exact) mass is 413 g/mol. The maximum absolute atomic E-state index is 10.7. The van der Waals surface area contributed by atoms with Crippen LogP contribution in [0.25, 0.3) is 5.32 Å². The fraction of sp³-hybridized carbons (Fsp3) is 0.333. The van der Waals surface area contributed by atoms with Crippen molar-refractivity contribution in [3.05, 3.63) is 52.8 Å². The van der Waals surface area contributed by atoms with Crippen molar-refractivity contribution in [3.8, 4) is 5.75 Å². The number of phenolic OH excluding ortho intramolecular Hbond substituents is 1. The average Bonchev–Trinajstić information content (AvgIpc) is 2.53. The van der Waals surface area contributed by atoms with Gasteiger partial charge in [0.1, 0.15) is 5.75 Å². The summed E-state index contributed by atoms with van der Waals surface area (Å²) in [5, 5.41) is 18.5. The Balaban J connectivity index is 0.00000139. The molecule has 1 N–H and O–H groups in total. The zero-order valence-corrected chi connectivity index (χ0v) is 19.3. The van der Waals surface area contributed by atoms with Gasteiger partial charge in [-0.2, -0.15) is 7.05 Å². The molecule has 1 unspecified atom stereocenters. The van der Waals surface area contributed by atoms with Gasteiger partial charge in [-0.05, 0) is 23.0 Å². The molecule has 0 spiro atoms. The standard InChI is InChI=1S/C18H25NOPSi.ClH.Ti/c1-13-8-6-9-14(12-19-2)18(13)21-15-10-7-11-16(17(15)20)22(3,4)5;;/h6-11,20-21H,12H2,1-5H3;1H;/q-1;;+2/p-1. The van der Waals surface area contributed by atoms with Crippen LogP contribution in [0.15, 0.2) is 36.4 Å². The van der Waals surface area contributed by atoms with Crippen LogP contribution in [-0.2, 0) is 25.9 Å². The second-order valence-electron chi connectivity index (χ2n) is 6.66. The molecule has 0 saturated heterocycles. The van der Waals surface area contributed by atoms with Crippen molar-refractivity contribution in [2.75, 3.05) is 7.05 Å². The summed E-state index contributed by atoms with van der Waals surface area (Å²) in [5.74, 6) is 0.502. The van der Waals surface area contributed by atoms with E-state index in [1.807, 2.05) is 7.05 Å². The molecule has 1 atom stereocenters. The van der Waals surface area contributed by atoms with Crippen LogP contribution in [0.3, 0.4) is 0 Å². The van der Waals surface area contributed by atoms with E-state index in [4.69, 9.17) is 0 Å². The molecule has 0 radical (unpaired) electrons. The minimum absolute atomic E-state index is 0.471. The first-order valence-electron chi connectivity index (χ1n) is 7.77. The Bertz CT molecular complexity index is 677. The summed E-state index contributed by atoms with van der Waals surface area (Å²) in [7, 11) is 5.42. The SMILES string of the molecule is C[N-]Cc1cccc(C)c1Pc1cccc([Si](C)(C)C)c1O.[Cl][Ti+]. The van der Waals surface area contributed by atoms with E-state index >= 15 is 0 Å². The first-order valence-corrected chi connectivity index (χ1v) is 14.4. The number of rotatable bonds is 5. The minimum atomic E-state index is -1.53. The molecular weight excluding hydrogens is 389 g/mol. The van der Waals surface area contributed by atoms with Crippen molar-refractivity contribution in [1.29, 1.82) is 0 Å². The van der Waals surface area contributed by atoms with E-state index in [-0.39, 0.29) is 0 Å². The molecule has 0 fully saturated rings. The number of nitrogens with zero attached hydrogens (tertiary/aromatic N) is 1. The van der Waals surface area contributed by atoms with Crippen LogP contribution in [0.2, 0.25) is 19.6 Å². The van der Waals surface area contributed by atoms with Gasteiger partial charge in [0.15, 0.2) is 0 Å². The zero-order chi connectivity index (χ0) is 18.3. The molecule has 0 saturated carbocycles. The average molecular weight is 414 g/mol. The molecule has 24 heavy (non-hydrogen) atoms. The van der Waals surface area contributed by atoms with E-state index in [2.05, 4.69) is 77.6 Å². The van der Waals surface area contributed by atoms with E-state index in [0.29, 0.717) is 14.3 Å². The van der Waals surface area contributed by atoms with Gasteiger partial charge in [0.05, 0.1) is 8.07 Å². The first-order chi connectivity index (χ1) is 11.3. The summed E-state index contributed by atoms with van der Waals surface area (Å²) >= 11 is 1.47. The van der Waals surface area contributed by atoms with Crippen molar-refractivity contribution < 1.29 is 24.5 Å². The third kappa shape index (κ3) is 5.69. The fourth-order valence-corrected chi connectivity index (χ4v) is 5.47. The number of phenols is 1. The molecular formula is C18H25ClNOPSiTi. The molecule has 0 aliphatic heterocycles. The third-order valence-corrected chi connectivity index (χ3v) is 7.45. The summed E-state index contributed by atoms with van der Waals surface area (Å²) in [6.07, 6.45) is 0. The summed E-state index contributed by atoms with van der Waals surface area (Å²) in [6, 6.07) is 12.6. The molecule has 6 heteroatoms. The molecule has 0 aliphatic rings. The second-order valence-corrected chi connectivity index (χ2v) is 13.0. The number of halogens is 1. The van der Waals surface area contributed by atoms with Crippen molar-refractivity contribution >= 4 is 41.8 Å². The van der Waals surface area contributed by atoms with Crippen LogP contribution in [-0.4, -0.2) is 20.2 Å². The van der Waals surface area contributed by atoms with E-state index in [1.54, 1.807) is 0 Å². The molecule has 128 valence electrons. The van der Waals surface area contributed by atoms with Crippen LogP contribution in [0, 0.1) is 6.92 Å². The van der Waals surface area contributed by atoms with Crippen molar-refractivity contribution in [2.24, 2.45) is 0 Å². The van der Waals surface area contributed by atoms with Crippen molar-refractivity contribution in [2.45, 2.75) is 33.1 Å². The molecule has 0 aromatic heterocycles. The van der Waals surface area contributed by atoms with Gasteiger partial charge in [0, 0.05) is 5.30 Å². The molecule has 2 aromatic rings. The van der Waals surface area contributed by atoms with Crippen LogP contribution in [0.4, 0.5) is 0 Å². The quantitative estimate of drug-likeness (QED) is 0.582. The zero-order valence-electron chi connectivity index (χ0n) is 14.9. The number of benzene rings is 2. The Kier molecular flexibility index (Phi) is 9.22. The number of aryl methyl sites for hydroxylation is 1.